The van der Waals surface area contributed by atoms with Gasteiger partial charge in [-0.3, -0.25) is 9.59 Å². The number of hydrogen-bond donors (Lipinski definition) is 1. The molecule has 1 aromatic rings. The minimum Gasteiger partial charge on any atom is -0.507 e. The Morgan fingerprint density at radius 3 is 0.917 bits per heavy atom. The smallest absolute Gasteiger partial charge is 0.306 e. The van der Waals surface area contributed by atoms with Crippen LogP contribution in [0.25, 0.3) is 0 Å². The number of phenols is 1. The van der Waals surface area contributed by atoms with E-state index >= 15 is 0 Å². The molecular formula is C53H96O5S2. The maximum absolute atomic E-state index is 12.4. The zero-order valence-electron chi connectivity index (χ0n) is 40.2. The Kier molecular flexibility index (Phi) is 39.4. The number of esters is 2. The summed E-state index contributed by atoms with van der Waals surface area (Å²) in [6, 6.07) is 0. The fraction of sp³-hybridized carbons (Fsp3) is 0.849. The van der Waals surface area contributed by atoms with Gasteiger partial charge in [-0.05, 0) is 61.4 Å². The lowest BCUT2D eigenvalue weighted by molar-refractivity contribution is -0.144. The molecule has 0 radical (unpaired) electrons. The van der Waals surface area contributed by atoms with Gasteiger partial charge in [0.15, 0.2) is 0 Å². The Morgan fingerprint density at radius 2 is 0.650 bits per heavy atom. The van der Waals surface area contributed by atoms with Gasteiger partial charge in [0, 0.05) is 23.0 Å². The van der Waals surface area contributed by atoms with Gasteiger partial charge in [-0.15, -0.1) is 0 Å². The van der Waals surface area contributed by atoms with Crippen molar-refractivity contribution in [2.75, 3.05) is 24.7 Å². The van der Waals surface area contributed by atoms with Gasteiger partial charge in [0.25, 0.3) is 0 Å². The van der Waals surface area contributed by atoms with Crippen molar-refractivity contribution in [1.82, 2.24) is 0 Å². The van der Waals surface area contributed by atoms with Crippen LogP contribution in [0.3, 0.4) is 0 Å². The molecule has 0 saturated carbocycles. The molecule has 1 rings (SSSR count). The molecule has 5 nitrogen and oxygen atoms in total. The second-order valence-corrected chi connectivity index (χ2v) is 20.0. The molecular weight excluding hydrogens is 781 g/mol. The number of thioether (sulfide) groups is 2. The molecule has 0 saturated heterocycles. The average molecular weight is 877 g/mol. The van der Waals surface area contributed by atoms with Crippen molar-refractivity contribution in [3.05, 3.63) is 27.8 Å². The average Bonchev–Trinajstić information content (AvgIpc) is 3.24. The number of rotatable bonds is 44. The first-order valence-electron chi connectivity index (χ1n) is 25.6. The summed E-state index contributed by atoms with van der Waals surface area (Å²) >= 11 is 3.45. The first-order chi connectivity index (χ1) is 29.3. The van der Waals surface area contributed by atoms with Gasteiger partial charge >= 0.3 is 11.9 Å². The molecule has 1 aromatic carbocycles. The van der Waals surface area contributed by atoms with E-state index in [0.29, 0.717) is 43.3 Å². The van der Waals surface area contributed by atoms with Crippen molar-refractivity contribution in [2.24, 2.45) is 0 Å². The Labute approximate surface area is 380 Å². The maximum Gasteiger partial charge on any atom is 0.306 e. The topological polar surface area (TPSA) is 72.8 Å². The van der Waals surface area contributed by atoms with E-state index in [4.69, 9.17) is 9.47 Å². The summed E-state index contributed by atoms with van der Waals surface area (Å²) in [7, 11) is 0. The molecule has 60 heavy (non-hydrogen) atoms. The third kappa shape index (κ3) is 31.5. The maximum atomic E-state index is 12.4. The van der Waals surface area contributed by atoms with Crippen LogP contribution in [0, 0.1) is 20.8 Å². The van der Waals surface area contributed by atoms with E-state index in [0.717, 1.165) is 59.4 Å². The van der Waals surface area contributed by atoms with E-state index in [1.165, 1.54) is 185 Å². The van der Waals surface area contributed by atoms with E-state index in [2.05, 4.69) is 20.8 Å². The lowest BCUT2D eigenvalue weighted by atomic mass is 9.94. The molecule has 0 heterocycles. The van der Waals surface area contributed by atoms with Gasteiger partial charge in [0.05, 0.1) is 26.1 Å². The highest BCUT2D eigenvalue weighted by Crippen LogP contribution is 2.36. The van der Waals surface area contributed by atoms with E-state index < -0.39 is 0 Å². The molecule has 1 N–H and O–H groups in total. The monoisotopic (exact) mass is 877 g/mol. The predicted octanol–water partition coefficient (Wildman–Crippen LogP) is 17.2. The number of hydrogen-bond acceptors (Lipinski definition) is 7. The van der Waals surface area contributed by atoms with Crippen molar-refractivity contribution in [1.29, 1.82) is 0 Å². The zero-order valence-corrected chi connectivity index (χ0v) is 41.8. The van der Waals surface area contributed by atoms with Crippen molar-refractivity contribution < 1.29 is 24.2 Å². The van der Waals surface area contributed by atoms with Crippen molar-refractivity contribution in [2.45, 2.75) is 264 Å². The molecule has 0 aromatic heterocycles. The molecule has 0 amide bonds. The SMILES string of the molecule is CCCCCCCCCCCCCCCCCCOC(=O)CCSCc1c(C)c(O)c(C)c(CSCCC(=O)OCCCCCCCCCCCCCCCCCC)c1C. The van der Waals surface area contributed by atoms with Crippen LogP contribution >= 0.6 is 23.5 Å². The molecule has 0 unspecified atom stereocenters. The number of aromatic hydroxyl groups is 1. The fourth-order valence-corrected chi connectivity index (χ4v) is 10.4. The zero-order chi connectivity index (χ0) is 43.7. The standard InChI is InChI=1S/C53H96O5S2/c1-6-8-10-12-14-16-18-20-22-24-26-28-30-32-34-36-40-57-51(54)38-42-59-44-49-46(3)50(48(5)53(56)47(49)4)45-60-43-39-52(55)58-41-37-35-33-31-29-27-25-23-21-19-17-15-13-11-9-7-2/h56H,6-45H2,1-5H3. The van der Waals surface area contributed by atoms with Crippen LogP contribution in [-0.2, 0) is 30.6 Å². The minimum absolute atomic E-state index is 0.107. The second kappa shape index (κ2) is 41.7. The van der Waals surface area contributed by atoms with Crippen LogP contribution in [0.1, 0.15) is 260 Å². The molecule has 0 bridgehead atoms. The van der Waals surface area contributed by atoms with Crippen molar-refractivity contribution in [3.8, 4) is 5.75 Å². The first-order valence-corrected chi connectivity index (χ1v) is 27.9. The van der Waals surface area contributed by atoms with Crippen molar-refractivity contribution >= 4 is 35.5 Å². The Balaban J connectivity index is 2.09. The number of ether oxygens (including phenoxy) is 2. The molecule has 0 fully saturated rings. The number of benzene rings is 1. The normalized spacial score (nSPS) is 11.4. The second-order valence-electron chi connectivity index (χ2n) is 17.8. The number of carbonyl (C=O) groups excluding carboxylic acids is 2. The van der Waals surface area contributed by atoms with E-state index in [1.54, 1.807) is 23.5 Å². The molecule has 0 aliphatic rings. The van der Waals surface area contributed by atoms with E-state index in [1.807, 2.05) is 13.8 Å². The summed E-state index contributed by atoms with van der Waals surface area (Å²) in [6.07, 6.45) is 43.6. The van der Waals surface area contributed by atoms with Crippen LogP contribution in [0.15, 0.2) is 0 Å². The molecule has 0 aliphatic heterocycles. The minimum atomic E-state index is -0.107. The number of unbranched alkanes of at least 4 members (excludes halogenated alkanes) is 30. The third-order valence-corrected chi connectivity index (χ3v) is 14.4. The molecule has 0 aliphatic carbocycles. The Bertz CT molecular complexity index is 1090. The molecule has 0 spiro atoms. The predicted molar refractivity (Wildman–Crippen MR) is 265 cm³/mol. The van der Waals surface area contributed by atoms with Crippen LogP contribution in [-0.4, -0.2) is 41.8 Å². The van der Waals surface area contributed by atoms with E-state index in [-0.39, 0.29) is 11.9 Å². The lowest BCUT2D eigenvalue weighted by Gasteiger charge is -2.19. The largest absolute Gasteiger partial charge is 0.507 e. The summed E-state index contributed by atoms with van der Waals surface area (Å²) in [5, 5.41) is 11.0. The molecule has 7 heteroatoms. The number of carbonyl (C=O) groups is 2. The highest BCUT2D eigenvalue weighted by molar-refractivity contribution is 7.98. The van der Waals surface area contributed by atoms with E-state index in [9.17, 15) is 14.7 Å². The van der Waals surface area contributed by atoms with Gasteiger partial charge in [0.1, 0.15) is 5.75 Å². The number of phenolic OH excluding ortho intramolecular Hbond substituents is 1. The summed E-state index contributed by atoms with van der Waals surface area (Å²) < 4.78 is 11.1. The van der Waals surface area contributed by atoms with Gasteiger partial charge in [-0.1, -0.05) is 206 Å². The van der Waals surface area contributed by atoms with Crippen LogP contribution in [0.5, 0.6) is 5.75 Å². The molecule has 0 atom stereocenters. The Hall–Kier alpha value is -1.34. The third-order valence-electron chi connectivity index (χ3n) is 12.4. The first kappa shape index (κ1) is 56.7. The van der Waals surface area contributed by atoms with Crippen LogP contribution < -0.4 is 0 Å². The van der Waals surface area contributed by atoms with Gasteiger partial charge < -0.3 is 14.6 Å². The van der Waals surface area contributed by atoms with Gasteiger partial charge in [-0.2, -0.15) is 23.5 Å². The highest BCUT2D eigenvalue weighted by Gasteiger charge is 2.17. The van der Waals surface area contributed by atoms with Gasteiger partial charge in [-0.25, -0.2) is 0 Å². The molecule has 350 valence electrons. The lowest BCUT2D eigenvalue weighted by Crippen LogP contribution is -2.08. The quantitative estimate of drug-likeness (QED) is 0.0517. The highest BCUT2D eigenvalue weighted by atomic mass is 32.2. The summed E-state index contributed by atoms with van der Waals surface area (Å²) in [4.78, 5) is 24.8. The van der Waals surface area contributed by atoms with Crippen molar-refractivity contribution in [3.63, 3.8) is 0 Å². The summed E-state index contributed by atoms with van der Waals surface area (Å²) in [5.41, 5.74) is 5.36. The van der Waals surface area contributed by atoms with Crippen LogP contribution in [0.2, 0.25) is 0 Å². The summed E-state index contributed by atoms with van der Waals surface area (Å²) in [5.74, 6) is 3.06. The fourth-order valence-electron chi connectivity index (χ4n) is 8.22. The van der Waals surface area contributed by atoms with Crippen LogP contribution in [0.4, 0.5) is 0 Å². The Morgan fingerprint density at radius 1 is 0.400 bits per heavy atom. The van der Waals surface area contributed by atoms with Gasteiger partial charge in [0.2, 0.25) is 0 Å². The summed E-state index contributed by atoms with van der Waals surface area (Å²) in [6.45, 7) is 11.8.